The van der Waals surface area contributed by atoms with E-state index in [1.54, 1.807) is 0 Å². The molecule has 0 heterocycles. The Hall–Kier alpha value is -1.72. The number of nitro benzene ring substituents is 1. The van der Waals surface area contributed by atoms with Crippen molar-refractivity contribution >= 4 is 11.4 Å². The zero-order chi connectivity index (χ0) is 14.3. The highest BCUT2D eigenvalue weighted by molar-refractivity contribution is 5.62. The van der Waals surface area contributed by atoms with Crippen LogP contribution in [0.5, 0.6) is 0 Å². The van der Waals surface area contributed by atoms with Crippen molar-refractivity contribution in [2.75, 3.05) is 11.9 Å². The fourth-order valence-electron chi connectivity index (χ4n) is 3.75. The van der Waals surface area contributed by atoms with E-state index in [0.717, 1.165) is 18.4 Å². The van der Waals surface area contributed by atoms with Gasteiger partial charge in [-0.2, -0.15) is 4.39 Å². The van der Waals surface area contributed by atoms with E-state index < -0.39 is 22.2 Å². The maximum absolute atomic E-state index is 13.5. The first-order valence-electron chi connectivity index (χ1n) is 6.92. The second kappa shape index (κ2) is 5.00. The van der Waals surface area contributed by atoms with Crippen molar-refractivity contribution in [3.8, 4) is 0 Å². The van der Waals surface area contributed by atoms with E-state index in [1.807, 2.05) is 0 Å². The third-order valence-electron chi connectivity index (χ3n) is 4.65. The molecule has 20 heavy (non-hydrogen) atoms. The Morgan fingerprint density at radius 3 is 2.70 bits per heavy atom. The molecular formula is C14H16F2N2O2. The predicted molar refractivity (Wildman–Crippen MR) is 70.4 cm³/mol. The highest BCUT2D eigenvalue weighted by Gasteiger charge is 2.39. The maximum Gasteiger partial charge on any atom is 0.327 e. The van der Waals surface area contributed by atoms with Crippen molar-refractivity contribution in [2.24, 2.45) is 17.8 Å². The van der Waals surface area contributed by atoms with E-state index in [1.165, 1.54) is 19.3 Å². The average Bonchev–Trinajstić information content (AvgIpc) is 2.96. The molecule has 0 aliphatic heterocycles. The minimum Gasteiger partial charge on any atom is -0.379 e. The van der Waals surface area contributed by atoms with Gasteiger partial charge in [0.05, 0.1) is 4.92 Å². The number of rotatable bonds is 4. The largest absolute Gasteiger partial charge is 0.379 e. The van der Waals surface area contributed by atoms with Gasteiger partial charge in [0.2, 0.25) is 5.82 Å². The summed E-state index contributed by atoms with van der Waals surface area (Å²) in [6.45, 7) is 0.547. The van der Waals surface area contributed by atoms with Gasteiger partial charge >= 0.3 is 5.69 Å². The summed E-state index contributed by atoms with van der Waals surface area (Å²) in [5.74, 6) is -0.0512. The van der Waals surface area contributed by atoms with Crippen LogP contribution in [0.25, 0.3) is 0 Å². The van der Waals surface area contributed by atoms with Gasteiger partial charge in [-0.25, -0.2) is 4.39 Å². The molecule has 0 spiro atoms. The second-order valence-corrected chi connectivity index (χ2v) is 5.86. The van der Waals surface area contributed by atoms with Crippen LogP contribution >= 0.6 is 0 Å². The molecule has 0 radical (unpaired) electrons. The van der Waals surface area contributed by atoms with Crippen LogP contribution in [0, 0.1) is 39.5 Å². The molecule has 6 heteroatoms. The van der Waals surface area contributed by atoms with Crippen molar-refractivity contribution in [3.05, 3.63) is 33.9 Å². The van der Waals surface area contributed by atoms with Gasteiger partial charge in [0.15, 0.2) is 0 Å². The lowest BCUT2D eigenvalue weighted by Gasteiger charge is -2.22. The Kier molecular flexibility index (Phi) is 3.31. The van der Waals surface area contributed by atoms with Gasteiger partial charge in [0.25, 0.3) is 0 Å². The number of hydrogen-bond acceptors (Lipinski definition) is 3. The van der Waals surface area contributed by atoms with Gasteiger partial charge in [-0.15, -0.1) is 0 Å². The molecular weight excluding hydrogens is 266 g/mol. The second-order valence-electron chi connectivity index (χ2n) is 5.86. The highest BCUT2D eigenvalue weighted by atomic mass is 19.1. The predicted octanol–water partition coefficient (Wildman–Crippen LogP) is 3.72. The summed E-state index contributed by atoms with van der Waals surface area (Å²) in [4.78, 5) is 10.1. The molecule has 2 bridgehead atoms. The van der Waals surface area contributed by atoms with E-state index in [0.29, 0.717) is 24.4 Å². The minimum absolute atomic E-state index is 0.0599. The lowest BCUT2D eigenvalue weighted by Crippen LogP contribution is -2.20. The van der Waals surface area contributed by atoms with Crippen molar-refractivity contribution < 1.29 is 13.7 Å². The van der Waals surface area contributed by atoms with Crippen molar-refractivity contribution in [1.29, 1.82) is 0 Å². The van der Waals surface area contributed by atoms with Crippen LogP contribution in [0.4, 0.5) is 20.2 Å². The number of nitrogens with zero attached hydrogens (tertiary/aromatic N) is 1. The van der Waals surface area contributed by atoms with Crippen LogP contribution in [0.1, 0.15) is 25.7 Å². The molecule has 4 nitrogen and oxygen atoms in total. The first kappa shape index (κ1) is 13.3. The maximum atomic E-state index is 13.5. The molecule has 0 amide bonds. The molecule has 3 unspecified atom stereocenters. The molecule has 2 saturated carbocycles. The van der Waals surface area contributed by atoms with E-state index in [9.17, 15) is 18.9 Å². The fourth-order valence-corrected chi connectivity index (χ4v) is 3.75. The summed E-state index contributed by atoms with van der Waals surface area (Å²) in [5, 5.41) is 13.8. The average molecular weight is 282 g/mol. The lowest BCUT2D eigenvalue weighted by atomic mass is 9.89. The molecule has 1 aromatic carbocycles. The Balaban J connectivity index is 1.75. The third kappa shape index (κ3) is 2.34. The number of hydrogen-bond donors (Lipinski definition) is 1. The van der Waals surface area contributed by atoms with Gasteiger partial charge in [-0.05, 0) is 37.0 Å². The normalized spacial score (nSPS) is 27.8. The molecule has 1 N–H and O–H groups in total. The number of nitro groups is 1. The summed E-state index contributed by atoms with van der Waals surface area (Å²) in [7, 11) is 0. The zero-order valence-corrected chi connectivity index (χ0v) is 10.9. The van der Waals surface area contributed by atoms with E-state index >= 15 is 0 Å². The zero-order valence-electron chi connectivity index (χ0n) is 10.9. The van der Waals surface area contributed by atoms with E-state index in [-0.39, 0.29) is 5.69 Å². The Labute approximate surface area is 115 Å². The van der Waals surface area contributed by atoms with Crippen LogP contribution in [0.3, 0.4) is 0 Å². The first-order chi connectivity index (χ1) is 9.54. The van der Waals surface area contributed by atoms with Crippen LogP contribution < -0.4 is 5.32 Å². The molecule has 2 fully saturated rings. The highest BCUT2D eigenvalue weighted by Crippen LogP contribution is 2.48. The molecule has 1 aromatic rings. The van der Waals surface area contributed by atoms with Crippen LogP contribution in [-0.4, -0.2) is 11.5 Å². The summed E-state index contributed by atoms with van der Waals surface area (Å²) in [5.41, 5.74) is -0.732. The number of nitrogens with one attached hydrogen (secondary N) is 1. The van der Waals surface area contributed by atoms with Gasteiger partial charge < -0.3 is 5.32 Å². The van der Waals surface area contributed by atoms with E-state index in [4.69, 9.17) is 0 Å². The van der Waals surface area contributed by atoms with Crippen LogP contribution in [0.2, 0.25) is 0 Å². The van der Waals surface area contributed by atoms with E-state index in [2.05, 4.69) is 5.32 Å². The Morgan fingerprint density at radius 2 is 2.10 bits per heavy atom. The molecule has 3 atom stereocenters. The molecule has 3 rings (SSSR count). The molecule has 2 aliphatic rings. The molecule has 2 aliphatic carbocycles. The topological polar surface area (TPSA) is 55.2 Å². The SMILES string of the molecule is O=[N+]([O-])c1c(F)cc(F)cc1NCC1CC2CCC1C2. The minimum atomic E-state index is -1.13. The monoisotopic (exact) mass is 282 g/mol. The van der Waals surface area contributed by atoms with Gasteiger partial charge in [0, 0.05) is 18.7 Å². The quantitative estimate of drug-likeness (QED) is 0.676. The number of halogens is 2. The van der Waals surface area contributed by atoms with Gasteiger partial charge in [0.1, 0.15) is 11.5 Å². The van der Waals surface area contributed by atoms with Crippen LogP contribution in [-0.2, 0) is 0 Å². The number of fused-ring (bicyclic) bond motifs is 2. The summed E-state index contributed by atoms with van der Waals surface area (Å²) in [6, 6.07) is 1.54. The third-order valence-corrected chi connectivity index (χ3v) is 4.65. The first-order valence-corrected chi connectivity index (χ1v) is 6.92. The lowest BCUT2D eigenvalue weighted by molar-refractivity contribution is -0.386. The van der Waals surface area contributed by atoms with Gasteiger partial charge in [-0.1, -0.05) is 6.42 Å². The summed E-state index contributed by atoms with van der Waals surface area (Å²) >= 11 is 0. The number of anilines is 1. The summed E-state index contributed by atoms with van der Waals surface area (Å²) < 4.78 is 26.7. The van der Waals surface area contributed by atoms with Crippen molar-refractivity contribution in [3.63, 3.8) is 0 Å². The molecule has 108 valence electrons. The van der Waals surface area contributed by atoms with Crippen molar-refractivity contribution in [2.45, 2.75) is 25.7 Å². The van der Waals surface area contributed by atoms with Crippen LogP contribution in [0.15, 0.2) is 12.1 Å². The standard InChI is InChI=1S/C14H16F2N2O2/c15-11-5-12(16)14(18(19)20)13(6-11)17-7-10-4-8-1-2-9(10)3-8/h5-6,8-10,17H,1-4,7H2. The smallest absolute Gasteiger partial charge is 0.327 e. The number of benzene rings is 1. The molecule has 0 saturated heterocycles. The fraction of sp³-hybridized carbons (Fsp3) is 0.571. The van der Waals surface area contributed by atoms with Crippen molar-refractivity contribution in [1.82, 2.24) is 0 Å². The molecule has 0 aromatic heterocycles. The Bertz CT molecular complexity index is 550. The van der Waals surface area contributed by atoms with Gasteiger partial charge in [-0.3, -0.25) is 10.1 Å². The Morgan fingerprint density at radius 1 is 1.30 bits per heavy atom. The summed E-state index contributed by atoms with van der Waals surface area (Å²) in [6.07, 6.45) is 4.82.